The molecule has 6 nitrogen and oxygen atoms in total. The summed E-state index contributed by atoms with van der Waals surface area (Å²) in [5.74, 6) is 1.98. The van der Waals surface area contributed by atoms with Gasteiger partial charge in [0.2, 0.25) is 5.91 Å². The molecule has 0 bridgehead atoms. The maximum absolute atomic E-state index is 12.8. The van der Waals surface area contributed by atoms with Crippen LogP contribution in [-0.2, 0) is 4.79 Å². The minimum absolute atomic E-state index is 0.0338. The molecule has 1 amide bonds. The Morgan fingerprint density at radius 1 is 1.10 bits per heavy atom. The number of ether oxygens (including phenoxy) is 2. The molecule has 1 atom stereocenters. The van der Waals surface area contributed by atoms with Gasteiger partial charge in [0, 0.05) is 11.8 Å². The average molecular weight is 424 g/mol. The summed E-state index contributed by atoms with van der Waals surface area (Å²) >= 11 is 1.42. The third kappa shape index (κ3) is 4.67. The molecule has 7 heteroatoms. The fourth-order valence-electron chi connectivity index (χ4n) is 3.45. The first-order valence-corrected chi connectivity index (χ1v) is 11.1. The number of fused-ring (bicyclic) bond motifs is 2. The summed E-state index contributed by atoms with van der Waals surface area (Å²) in [6, 6.07) is 13.6. The van der Waals surface area contributed by atoms with E-state index in [0.717, 1.165) is 39.4 Å². The van der Waals surface area contributed by atoms with Gasteiger partial charge >= 0.3 is 0 Å². The zero-order valence-electron chi connectivity index (χ0n) is 17.1. The van der Waals surface area contributed by atoms with Crippen molar-refractivity contribution in [2.75, 3.05) is 19.0 Å². The summed E-state index contributed by atoms with van der Waals surface area (Å²) in [6.45, 7) is 5.49. The van der Waals surface area contributed by atoms with Crippen LogP contribution in [0.3, 0.4) is 0 Å². The molecular formula is C23H25N3O3S. The summed E-state index contributed by atoms with van der Waals surface area (Å²) < 4.78 is 11.5. The number of para-hydroxylation sites is 1. The van der Waals surface area contributed by atoms with Gasteiger partial charge in [-0.1, -0.05) is 49.9 Å². The van der Waals surface area contributed by atoms with Gasteiger partial charge in [0.1, 0.15) is 11.4 Å². The van der Waals surface area contributed by atoms with Crippen LogP contribution in [0.5, 0.6) is 11.5 Å². The Bertz CT molecular complexity index is 1040. The van der Waals surface area contributed by atoms with Gasteiger partial charge in [-0.15, -0.1) is 0 Å². The molecule has 1 aromatic heterocycles. The van der Waals surface area contributed by atoms with Crippen molar-refractivity contribution in [3.05, 3.63) is 54.4 Å². The first-order chi connectivity index (χ1) is 14.6. The number of aromatic nitrogens is 2. The lowest BCUT2D eigenvalue weighted by Gasteiger charge is -2.24. The number of nitrogens with zero attached hydrogens (tertiary/aromatic N) is 2. The van der Waals surface area contributed by atoms with Gasteiger partial charge in [-0.25, -0.2) is 9.97 Å². The summed E-state index contributed by atoms with van der Waals surface area (Å²) in [4.78, 5) is 21.4. The predicted octanol–water partition coefficient (Wildman–Crippen LogP) is 4.40. The number of nitrogens with one attached hydrogen (secondary N) is 1. The lowest BCUT2D eigenvalue weighted by atomic mass is 9.95. The molecule has 0 saturated carbocycles. The monoisotopic (exact) mass is 423 g/mol. The minimum atomic E-state index is -0.114. The van der Waals surface area contributed by atoms with Crippen LogP contribution in [0.15, 0.2) is 53.8 Å². The van der Waals surface area contributed by atoms with Crippen LogP contribution in [0.4, 0.5) is 0 Å². The van der Waals surface area contributed by atoms with Gasteiger partial charge in [-0.05, 0) is 29.7 Å². The van der Waals surface area contributed by atoms with E-state index in [2.05, 4.69) is 29.1 Å². The van der Waals surface area contributed by atoms with Crippen LogP contribution in [-0.4, -0.2) is 34.8 Å². The molecule has 30 heavy (non-hydrogen) atoms. The van der Waals surface area contributed by atoms with Crippen LogP contribution in [0.25, 0.3) is 10.9 Å². The van der Waals surface area contributed by atoms with Crippen LogP contribution >= 0.6 is 11.8 Å². The second-order valence-corrected chi connectivity index (χ2v) is 8.49. The van der Waals surface area contributed by atoms with Gasteiger partial charge in [0.05, 0.1) is 30.5 Å². The van der Waals surface area contributed by atoms with Gasteiger partial charge in [0.15, 0.2) is 11.5 Å². The Hall–Kier alpha value is -2.80. The normalized spacial score (nSPS) is 14.4. The second-order valence-electron chi connectivity index (χ2n) is 7.53. The van der Waals surface area contributed by atoms with E-state index in [4.69, 9.17) is 9.47 Å². The Morgan fingerprint density at radius 2 is 1.90 bits per heavy atom. The summed E-state index contributed by atoms with van der Waals surface area (Å²) in [6.07, 6.45) is 2.40. The van der Waals surface area contributed by atoms with E-state index in [-0.39, 0.29) is 23.6 Å². The number of carbonyl (C=O) groups excluding carboxylic acids is 1. The van der Waals surface area contributed by atoms with Gasteiger partial charge < -0.3 is 14.8 Å². The molecule has 1 N–H and O–H groups in total. The number of hydrogen-bond donors (Lipinski definition) is 1. The van der Waals surface area contributed by atoms with E-state index in [0.29, 0.717) is 13.2 Å². The number of benzene rings is 2. The van der Waals surface area contributed by atoms with Crippen molar-refractivity contribution >= 4 is 28.6 Å². The topological polar surface area (TPSA) is 73.3 Å². The highest BCUT2D eigenvalue weighted by Gasteiger charge is 2.21. The number of amides is 1. The van der Waals surface area contributed by atoms with Gasteiger partial charge in [0.25, 0.3) is 0 Å². The zero-order valence-corrected chi connectivity index (χ0v) is 17.9. The number of rotatable bonds is 6. The predicted molar refractivity (Wildman–Crippen MR) is 118 cm³/mol. The van der Waals surface area contributed by atoms with Crippen molar-refractivity contribution in [3.8, 4) is 11.5 Å². The van der Waals surface area contributed by atoms with Crippen LogP contribution in [0.1, 0.15) is 31.9 Å². The Kier molecular flexibility index (Phi) is 6.38. The summed E-state index contributed by atoms with van der Waals surface area (Å²) in [7, 11) is 0. The minimum Gasteiger partial charge on any atom is -0.490 e. The summed E-state index contributed by atoms with van der Waals surface area (Å²) in [5.41, 5.74) is 1.89. The maximum atomic E-state index is 12.8. The van der Waals surface area contributed by atoms with Crippen molar-refractivity contribution in [1.29, 1.82) is 0 Å². The van der Waals surface area contributed by atoms with Crippen LogP contribution in [0, 0.1) is 5.92 Å². The molecule has 2 heterocycles. The Morgan fingerprint density at radius 3 is 2.73 bits per heavy atom. The molecule has 0 aliphatic carbocycles. The van der Waals surface area contributed by atoms with Crippen LogP contribution in [0.2, 0.25) is 0 Å². The number of carbonyl (C=O) groups is 1. The highest BCUT2D eigenvalue weighted by atomic mass is 32.2. The first kappa shape index (κ1) is 20.5. The molecule has 156 valence electrons. The lowest BCUT2D eigenvalue weighted by molar-refractivity contribution is -0.119. The molecule has 0 radical (unpaired) electrons. The third-order valence-electron chi connectivity index (χ3n) is 4.96. The molecule has 0 saturated heterocycles. The van der Waals surface area contributed by atoms with Gasteiger partial charge in [-0.3, -0.25) is 4.79 Å². The smallest absolute Gasteiger partial charge is 0.230 e. The van der Waals surface area contributed by atoms with E-state index in [1.807, 2.05) is 42.5 Å². The highest BCUT2D eigenvalue weighted by Crippen LogP contribution is 2.34. The average Bonchev–Trinajstić information content (AvgIpc) is 3.00. The Balaban J connectivity index is 1.45. The molecule has 2 aromatic carbocycles. The number of hydrogen-bond acceptors (Lipinski definition) is 6. The highest BCUT2D eigenvalue weighted by molar-refractivity contribution is 8.00. The third-order valence-corrected chi connectivity index (χ3v) is 5.97. The van der Waals surface area contributed by atoms with E-state index in [1.54, 1.807) is 0 Å². The largest absolute Gasteiger partial charge is 0.490 e. The van der Waals surface area contributed by atoms with E-state index in [1.165, 1.54) is 18.1 Å². The molecule has 1 aliphatic heterocycles. The summed E-state index contributed by atoms with van der Waals surface area (Å²) in [5, 5.41) is 4.95. The van der Waals surface area contributed by atoms with Crippen molar-refractivity contribution in [3.63, 3.8) is 0 Å². The van der Waals surface area contributed by atoms with Crippen molar-refractivity contribution in [1.82, 2.24) is 15.3 Å². The van der Waals surface area contributed by atoms with Gasteiger partial charge in [-0.2, -0.15) is 0 Å². The molecule has 3 aromatic rings. The van der Waals surface area contributed by atoms with Crippen LogP contribution < -0.4 is 14.8 Å². The fraction of sp³-hybridized carbons (Fsp3) is 0.348. The second kappa shape index (κ2) is 9.34. The Labute approximate surface area is 180 Å². The van der Waals surface area contributed by atoms with E-state index in [9.17, 15) is 4.79 Å². The molecule has 1 aliphatic rings. The van der Waals surface area contributed by atoms with Crippen molar-refractivity contribution in [2.45, 2.75) is 31.3 Å². The first-order valence-electron chi connectivity index (χ1n) is 10.1. The molecule has 4 rings (SSSR count). The lowest BCUT2D eigenvalue weighted by Crippen LogP contribution is -2.33. The fourth-order valence-corrected chi connectivity index (χ4v) is 4.25. The standard InChI is InChI=1S/C23H25N3O3S/c1-15(2)22(16-8-9-19-20(12-16)29-11-5-10-28-19)26-21(27)13-30-23-17-6-3-4-7-18(17)24-14-25-23/h3-4,6-9,12,14-15,22H,5,10-11,13H2,1-2H3,(H,26,27)/t22-/m0/s1. The van der Waals surface area contributed by atoms with Crippen molar-refractivity contribution < 1.29 is 14.3 Å². The quantitative estimate of drug-likeness (QED) is 0.468. The molecule has 0 fully saturated rings. The van der Waals surface area contributed by atoms with E-state index >= 15 is 0 Å². The zero-order chi connectivity index (χ0) is 20.9. The molecule has 0 unspecified atom stereocenters. The SMILES string of the molecule is CC(C)[C@H](NC(=O)CSc1ncnc2ccccc12)c1ccc2c(c1)OCCCO2. The number of thioether (sulfide) groups is 1. The maximum Gasteiger partial charge on any atom is 0.230 e. The van der Waals surface area contributed by atoms with E-state index < -0.39 is 0 Å². The molecular weight excluding hydrogens is 398 g/mol. The molecule has 0 spiro atoms. The van der Waals surface area contributed by atoms with Crippen molar-refractivity contribution in [2.24, 2.45) is 5.92 Å².